The van der Waals surface area contributed by atoms with Gasteiger partial charge in [0.1, 0.15) is 17.3 Å². The summed E-state index contributed by atoms with van der Waals surface area (Å²) in [6.07, 6.45) is 15.8. The molecule has 2 saturated carbocycles. The van der Waals surface area contributed by atoms with Gasteiger partial charge in [-0.1, -0.05) is 81.8 Å². The normalized spacial score (nSPS) is 30.4. The molecule has 2 aromatic carbocycles. The van der Waals surface area contributed by atoms with Crippen molar-refractivity contribution in [2.24, 2.45) is 35.0 Å². The van der Waals surface area contributed by atoms with Gasteiger partial charge in [0.15, 0.2) is 0 Å². The molecular weight excluding hydrogens is 600 g/mol. The number of ether oxygens (including phenoxy) is 2. The molecule has 5 aliphatic carbocycles. The van der Waals surface area contributed by atoms with E-state index in [1.54, 1.807) is 6.07 Å². The van der Waals surface area contributed by atoms with Crippen LogP contribution < -0.4 is 0 Å². The lowest BCUT2D eigenvalue weighted by atomic mass is 9.44. The summed E-state index contributed by atoms with van der Waals surface area (Å²) in [4.78, 5) is 28.2. The quantitative estimate of drug-likeness (QED) is 0.279. The van der Waals surface area contributed by atoms with Crippen molar-refractivity contribution in [1.29, 1.82) is 0 Å². The summed E-state index contributed by atoms with van der Waals surface area (Å²) in [5.41, 5.74) is 5.49. The number of phenols is 1. The molecule has 6 nitrogen and oxygen atoms in total. The van der Waals surface area contributed by atoms with Crippen molar-refractivity contribution < 1.29 is 29.3 Å². The van der Waals surface area contributed by atoms with Gasteiger partial charge in [-0.25, -0.2) is 9.59 Å². The lowest BCUT2D eigenvalue weighted by Crippen LogP contribution is -2.52. The van der Waals surface area contributed by atoms with E-state index in [1.807, 2.05) is 30.3 Å². The maximum atomic E-state index is 14.2. The highest BCUT2D eigenvalue weighted by Gasteiger charge is 2.68. The van der Waals surface area contributed by atoms with Crippen molar-refractivity contribution in [1.82, 2.24) is 0 Å². The molecule has 48 heavy (non-hydrogen) atoms. The van der Waals surface area contributed by atoms with Crippen LogP contribution in [0.3, 0.4) is 0 Å². The highest BCUT2D eigenvalue weighted by molar-refractivity contribution is 6.07. The summed E-state index contributed by atoms with van der Waals surface area (Å²) < 4.78 is 12.4. The van der Waals surface area contributed by atoms with Gasteiger partial charge in [-0.15, -0.1) is 0 Å². The average Bonchev–Trinajstić information content (AvgIpc) is 3.61. The molecule has 9 rings (SSSR count). The van der Waals surface area contributed by atoms with Crippen molar-refractivity contribution in [3.63, 3.8) is 0 Å². The Labute approximate surface area is 283 Å². The van der Waals surface area contributed by atoms with Gasteiger partial charge in [0, 0.05) is 23.7 Å². The van der Waals surface area contributed by atoms with Gasteiger partial charge in [-0.05, 0) is 109 Å². The van der Waals surface area contributed by atoms with Crippen LogP contribution in [0.1, 0.15) is 89.5 Å². The number of aliphatic hydroxyl groups excluding tert-OH is 1. The Morgan fingerprint density at radius 1 is 0.917 bits per heavy atom. The Morgan fingerprint density at radius 3 is 2.50 bits per heavy atom. The van der Waals surface area contributed by atoms with Gasteiger partial charge >= 0.3 is 11.9 Å². The molecule has 0 radical (unpaired) electrons. The van der Waals surface area contributed by atoms with Crippen LogP contribution in [0.15, 0.2) is 88.9 Å². The Hall–Kier alpha value is -3.90. The number of allylic oxidation sites excluding steroid dienone is 5. The fraction of sp³-hybridized carbons (Fsp3) is 0.476. The predicted molar refractivity (Wildman–Crippen MR) is 184 cm³/mol. The lowest BCUT2D eigenvalue weighted by molar-refractivity contribution is -0.135. The third-order valence-electron chi connectivity index (χ3n) is 12.5. The largest absolute Gasteiger partial charge is 0.508 e. The fourth-order valence-corrected chi connectivity index (χ4v) is 10.4. The molecule has 2 bridgehead atoms. The summed E-state index contributed by atoms with van der Waals surface area (Å²) in [5.74, 6) is 1.52. The number of carbonyl (C=O) groups excluding carboxylic acids is 2. The maximum Gasteiger partial charge on any atom is 0.340 e. The SMILES string of the molecule is CCC/C=C1\OC(=O)C2=C(c3cc(O)ccc3-c3ccccc3)[C@@H]3CC[C@@]21[C@H]1C2=C(CC[C@@H]31)C(=CC[C@H](CO)C1CCCCC1)OC2=O. The first kappa shape index (κ1) is 31.4. The molecule has 250 valence electrons. The van der Waals surface area contributed by atoms with E-state index in [1.165, 1.54) is 19.3 Å². The van der Waals surface area contributed by atoms with Gasteiger partial charge in [0.25, 0.3) is 0 Å². The standard InChI is InChI=1S/C42H46O6/c1-2-3-14-35-42-22-21-30(36(39(42)41(46)48-35)33-23-28(44)16-17-29(33)26-12-8-5-9-13-26)31-18-19-32-34(47-40(45)37(32)38(31)42)20-15-27(24-43)25-10-6-4-7-11-25/h5,8-9,12-14,16-17,20,23,25,27,30-31,38,43-44H,2-4,6-7,10-11,15,18-19,21-22,24H2,1H3/b34-20?,35-14-/t27-,30-,31+,38-,42-/m1/s1. The van der Waals surface area contributed by atoms with E-state index in [9.17, 15) is 19.8 Å². The van der Waals surface area contributed by atoms with Crippen molar-refractivity contribution in [2.45, 2.75) is 84.0 Å². The number of unbranched alkanes of at least 4 members (excludes halogenated alkanes) is 1. The smallest absolute Gasteiger partial charge is 0.340 e. The van der Waals surface area contributed by atoms with Crippen LogP contribution in [-0.2, 0) is 19.1 Å². The van der Waals surface area contributed by atoms with Crippen molar-refractivity contribution in [2.75, 3.05) is 6.61 Å². The van der Waals surface area contributed by atoms with Gasteiger partial charge in [0.2, 0.25) is 0 Å². The molecule has 5 atom stereocenters. The number of fused-ring (bicyclic) bond motifs is 1. The molecule has 2 aromatic rings. The monoisotopic (exact) mass is 646 g/mol. The van der Waals surface area contributed by atoms with Gasteiger partial charge < -0.3 is 19.7 Å². The first-order valence-electron chi connectivity index (χ1n) is 18.3. The number of aromatic hydroxyl groups is 1. The molecule has 0 amide bonds. The number of phenolic OH excluding ortho intramolecular Hbond substituents is 1. The number of benzene rings is 2. The number of hydrogen-bond donors (Lipinski definition) is 2. The molecule has 2 heterocycles. The number of aliphatic hydroxyl groups is 1. The van der Waals surface area contributed by atoms with Gasteiger partial charge in [-0.3, -0.25) is 0 Å². The van der Waals surface area contributed by atoms with E-state index >= 15 is 0 Å². The van der Waals surface area contributed by atoms with E-state index in [-0.39, 0.29) is 48.0 Å². The third kappa shape index (κ3) is 4.85. The second-order valence-electron chi connectivity index (χ2n) is 14.9. The summed E-state index contributed by atoms with van der Waals surface area (Å²) in [6, 6.07) is 15.6. The molecule has 7 aliphatic rings. The van der Waals surface area contributed by atoms with Crippen LogP contribution in [0.2, 0.25) is 0 Å². The summed E-state index contributed by atoms with van der Waals surface area (Å²) in [7, 11) is 0. The Bertz CT molecular complexity index is 1750. The zero-order chi connectivity index (χ0) is 33.0. The second kappa shape index (κ2) is 12.5. The van der Waals surface area contributed by atoms with Gasteiger partial charge in [-0.2, -0.15) is 0 Å². The molecule has 3 fully saturated rings. The van der Waals surface area contributed by atoms with E-state index in [4.69, 9.17) is 9.47 Å². The Balaban J connectivity index is 1.27. The number of carbonyl (C=O) groups is 2. The van der Waals surface area contributed by atoms with Crippen molar-refractivity contribution in [3.8, 4) is 16.9 Å². The van der Waals surface area contributed by atoms with Crippen LogP contribution in [-0.4, -0.2) is 28.8 Å². The summed E-state index contributed by atoms with van der Waals surface area (Å²) in [6.45, 7) is 2.26. The zero-order valence-electron chi connectivity index (χ0n) is 27.9. The Kier molecular flexibility index (Phi) is 8.19. The molecule has 0 aromatic heterocycles. The molecular formula is C42H46O6. The fourth-order valence-electron chi connectivity index (χ4n) is 10.4. The molecule has 6 heteroatoms. The lowest BCUT2D eigenvalue weighted by Gasteiger charge is -2.56. The second-order valence-corrected chi connectivity index (χ2v) is 14.9. The number of esters is 2. The highest BCUT2D eigenvalue weighted by atomic mass is 16.5. The number of cyclic esters (lactones) is 2. The van der Waals surface area contributed by atoms with E-state index in [0.29, 0.717) is 29.4 Å². The van der Waals surface area contributed by atoms with Crippen molar-refractivity contribution >= 4 is 17.5 Å². The van der Waals surface area contributed by atoms with Gasteiger partial charge in [0.05, 0.1) is 11.0 Å². The van der Waals surface area contributed by atoms with E-state index < -0.39 is 5.41 Å². The van der Waals surface area contributed by atoms with E-state index in [2.05, 4.69) is 31.2 Å². The minimum Gasteiger partial charge on any atom is -0.508 e. The molecule has 1 spiro atoms. The minimum absolute atomic E-state index is 0.0363. The van der Waals surface area contributed by atoms with Crippen molar-refractivity contribution in [3.05, 3.63) is 94.5 Å². The average molecular weight is 647 g/mol. The summed E-state index contributed by atoms with van der Waals surface area (Å²) in [5, 5.41) is 21.1. The zero-order valence-corrected chi connectivity index (χ0v) is 27.9. The number of hydrogen-bond acceptors (Lipinski definition) is 6. The van der Waals surface area contributed by atoms with Crippen LogP contribution >= 0.6 is 0 Å². The minimum atomic E-state index is -0.758. The molecule has 2 N–H and O–H groups in total. The molecule has 2 aliphatic heterocycles. The highest BCUT2D eigenvalue weighted by Crippen LogP contribution is 2.72. The molecule has 0 unspecified atom stereocenters. The van der Waals surface area contributed by atoms with E-state index in [0.717, 1.165) is 84.8 Å². The first-order chi connectivity index (χ1) is 23.5. The maximum absolute atomic E-state index is 14.2. The van der Waals surface area contributed by atoms with Crippen LogP contribution in [0.4, 0.5) is 0 Å². The van der Waals surface area contributed by atoms with Crippen LogP contribution in [0, 0.1) is 35.0 Å². The predicted octanol–water partition coefficient (Wildman–Crippen LogP) is 8.81. The third-order valence-corrected chi connectivity index (χ3v) is 12.5. The topological polar surface area (TPSA) is 93.1 Å². The first-order valence-corrected chi connectivity index (χ1v) is 18.3. The van der Waals surface area contributed by atoms with Crippen LogP contribution in [0.25, 0.3) is 16.7 Å². The molecule has 1 saturated heterocycles. The summed E-state index contributed by atoms with van der Waals surface area (Å²) >= 11 is 0. The number of rotatable bonds is 8. The van der Waals surface area contributed by atoms with Crippen LogP contribution in [0.5, 0.6) is 5.75 Å². The Morgan fingerprint density at radius 2 is 1.73 bits per heavy atom.